The third kappa shape index (κ3) is 4.92. The van der Waals surface area contributed by atoms with Gasteiger partial charge in [-0.15, -0.1) is 0 Å². The summed E-state index contributed by atoms with van der Waals surface area (Å²) in [6, 6.07) is 8.10. The van der Waals surface area contributed by atoms with Gasteiger partial charge in [0.05, 0.1) is 28.4 Å². The van der Waals surface area contributed by atoms with E-state index in [1.165, 1.54) is 0 Å². The van der Waals surface area contributed by atoms with Crippen LogP contribution in [-0.4, -0.2) is 68.8 Å². The molecule has 0 aromatic carbocycles. The van der Waals surface area contributed by atoms with Crippen molar-refractivity contribution in [1.82, 2.24) is 34.9 Å². The van der Waals surface area contributed by atoms with E-state index in [-0.39, 0.29) is 18.0 Å². The van der Waals surface area contributed by atoms with E-state index < -0.39 is 0 Å². The summed E-state index contributed by atoms with van der Waals surface area (Å²) in [7, 11) is 2.14. The molecule has 0 unspecified atom stereocenters. The zero-order valence-corrected chi connectivity index (χ0v) is 22.9. The number of likely N-dealkylation sites (N-methyl/N-ethyl adjacent to an activating group) is 1. The minimum atomic E-state index is -0.261. The van der Waals surface area contributed by atoms with Crippen LogP contribution in [0.1, 0.15) is 51.8 Å². The number of nitrogens with one attached hydrogen (secondary N) is 2. The molecule has 2 fully saturated rings. The zero-order valence-electron chi connectivity index (χ0n) is 22.9. The van der Waals surface area contributed by atoms with E-state index >= 15 is 0 Å². The van der Waals surface area contributed by atoms with Crippen molar-refractivity contribution >= 4 is 22.8 Å². The van der Waals surface area contributed by atoms with E-state index in [9.17, 15) is 9.59 Å². The van der Waals surface area contributed by atoms with Gasteiger partial charge in [-0.1, -0.05) is 0 Å². The molecule has 1 aliphatic heterocycles. The monoisotopic (exact) mass is 526 g/mol. The molecule has 0 radical (unpaired) electrons. The number of carbonyl (C=O) groups excluding carboxylic acids is 1. The Morgan fingerprint density at radius 3 is 2.54 bits per heavy atom. The average molecular weight is 527 g/mol. The number of nitrogens with zero attached hydrogens (tertiary/aromatic N) is 6. The van der Waals surface area contributed by atoms with Crippen LogP contribution in [0.15, 0.2) is 35.3 Å². The molecule has 10 nitrogen and oxygen atoms in total. The quantitative estimate of drug-likeness (QED) is 0.397. The molecule has 4 aromatic heterocycles. The molecule has 1 aliphatic carbocycles. The Hall–Kier alpha value is -4.05. The second kappa shape index (κ2) is 9.92. The van der Waals surface area contributed by atoms with Gasteiger partial charge in [0.15, 0.2) is 5.65 Å². The number of H-pyrrole nitrogens is 1. The second-order valence-corrected chi connectivity index (χ2v) is 10.8. The number of aromatic nitrogens is 5. The SMILES string of the molecule is Cc1cc(C)c(CNC(=O)c2cc(-c3ccc(N4CCN(C)CC4)nc3)nc3c2c(C)nn3C2CC2)c(=O)[nH]1. The van der Waals surface area contributed by atoms with Gasteiger partial charge < -0.3 is 20.1 Å². The number of fused-ring (bicyclic) bond motifs is 1. The standard InChI is InChI=1S/C29H34N8O2/c1-17-13-18(2)32-29(39)23(17)16-31-28(38)22-14-24(33-27-26(22)19(3)34-37(27)21-6-7-21)20-5-8-25(30-15-20)36-11-9-35(4)10-12-36/h5,8,13-15,21H,6-7,9-12,16H2,1-4H3,(H,31,38)(H,32,39). The molecule has 2 aliphatic rings. The summed E-state index contributed by atoms with van der Waals surface area (Å²) in [6.45, 7) is 9.70. The van der Waals surface area contributed by atoms with Crippen LogP contribution in [0.25, 0.3) is 22.3 Å². The molecule has 2 N–H and O–H groups in total. The zero-order chi connectivity index (χ0) is 27.3. The van der Waals surface area contributed by atoms with Gasteiger partial charge in [0.2, 0.25) is 0 Å². The van der Waals surface area contributed by atoms with Gasteiger partial charge in [-0.3, -0.25) is 9.59 Å². The number of aromatic amines is 1. The molecule has 202 valence electrons. The third-order valence-corrected chi connectivity index (χ3v) is 7.76. The van der Waals surface area contributed by atoms with Crippen molar-refractivity contribution in [3.63, 3.8) is 0 Å². The molecule has 10 heteroatoms. The van der Waals surface area contributed by atoms with E-state index in [0.29, 0.717) is 28.5 Å². The summed E-state index contributed by atoms with van der Waals surface area (Å²) in [5, 5.41) is 8.48. The van der Waals surface area contributed by atoms with E-state index in [1.54, 1.807) is 0 Å². The van der Waals surface area contributed by atoms with Crippen LogP contribution in [0.4, 0.5) is 5.82 Å². The molecule has 6 rings (SSSR count). The maximum atomic E-state index is 13.6. The summed E-state index contributed by atoms with van der Waals surface area (Å²) in [5.41, 5.74) is 5.52. The lowest BCUT2D eigenvalue weighted by Gasteiger charge is -2.33. The van der Waals surface area contributed by atoms with Gasteiger partial charge in [0, 0.05) is 55.7 Å². The fourth-order valence-corrected chi connectivity index (χ4v) is 5.34. The molecule has 0 bridgehead atoms. The number of hydrogen-bond acceptors (Lipinski definition) is 7. The number of carbonyl (C=O) groups is 1. The molecular weight excluding hydrogens is 492 g/mol. The first-order valence-electron chi connectivity index (χ1n) is 13.6. The van der Waals surface area contributed by atoms with E-state index in [4.69, 9.17) is 15.1 Å². The number of piperazine rings is 1. The number of pyridine rings is 3. The first-order valence-corrected chi connectivity index (χ1v) is 13.6. The summed E-state index contributed by atoms with van der Waals surface area (Å²) in [4.78, 5) is 43.3. The summed E-state index contributed by atoms with van der Waals surface area (Å²) in [6.07, 6.45) is 3.95. The van der Waals surface area contributed by atoms with Gasteiger partial charge in [-0.2, -0.15) is 5.10 Å². The summed E-state index contributed by atoms with van der Waals surface area (Å²) >= 11 is 0. The van der Waals surface area contributed by atoms with Crippen LogP contribution in [0.5, 0.6) is 0 Å². The van der Waals surface area contributed by atoms with Crippen molar-refractivity contribution in [2.45, 2.75) is 46.2 Å². The first kappa shape index (κ1) is 25.2. The summed E-state index contributed by atoms with van der Waals surface area (Å²) in [5.74, 6) is 0.687. The fraction of sp³-hybridized carbons (Fsp3) is 0.414. The fourth-order valence-electron chi connectivity index (χ4n) is 5.34. The Bertz CT molecular complexity index is 1610. The number of anilines is 1. The molecule has 1 amide bonds. The maximum Gasteiger partial charge on any atom is 0.253 e. The van der Waals surface area contributed by atoms with Crippen LogP contribution < -0.4 is 15.8 Å². The van der Waals surface area contributed by atoms with Gasteiger partial charge in [-0.25, -0.2) is 14.6 Å². The topological polar surface area (TPSA) is 112 Å². The van der Waals surface area contributed by atoms with Crippen LogP contribution >= 0.6 is 0 Å². The molecule has 1 saturated carbocycles. The lowest BCUT2D eigenvalue weighted by Crippen LogP contribution is -2.44. The normalized spacial score (nSPS) is 16.2. The molecule has 39 heavy (non-hydrogen) atoms. The second-order valence-electron chi connectivity index (χ2n) is 10.8. The highest BCUT2D eigenvalue weighted by Gasteiger charge is 2.30. The van der Waals surface area contributed by atoms with Crippen molar-refractivity contribution < 1.29 is 4.79 Å². The van der Waals surface area contributed by atoms with Crippen molar-refractivity contribution in [3.05, 3.63) is 68.9 Å². The van der Waals surface area contributed by atoms with E-state index in [2.05, 4.69) is 27.1 Å². The summed E-state index contributed by atoms with van der Waals surface area (Å²) < 4.78 is 1.96. The molecule has 0 spiro atoms. The molecule has 5 heterocycles. The average Bonchev–Trinajstić information content (AvgIpc) is 3.71. The highest BCUT2D eigenvalue weighted by molar-refractivity contribution is 6.07. The van der Waals surface area contributed by atoms with E-state index in [1.807, 2.05) is 55.9 Å². The van der Waals surface area contributed by atoms with Gasteiger partial charge in [0.1, 0.15) is 5.82 Å². The first-order chi connectivity index (χ1) is 18.8. The van der Waals surface area contributed by atoms with Crippen molar-refractivity contribution in [2.75, 3.05) is 38.1 Å². The Kier molecular flexibility index (Phi) is 6.42. The van der Waals surface area contributed by atoms with Crippen LogP contribution in [0.3, 0.4) is 0 Å². The molecule has 0 atom stereocenters. The molecule has 4 aromatic rings. The minimum absolute atomic E-state index is 0.135. The number of aryl methyl sites for hydroxylation is 3. The third-order valence-electron chi connectivity index (χ3n) is 7.76. The highest BCUT2D eigenvalue weighted by atomic mass is 16.1. The van der Waals surface area contributed by atoms with Crippen LogP contribution in [0.2, 0.25) is 0 Å². The number of hydrogen-bond donors (Lipinski definition) is 2. The highest BCUT2D eigenvalue weighted by Crippen LogP contribution is 2.38. The number of rotatable bonds is 6. The smallest absolute Gasteiger partial charge is 0.253 e. The lowest BCUT2D eigenvalue weighted by atomic mass is 10.1. The van der Waals surface area contributed by atoms with Gasteiger partial charge in [-0.05, 0) is 70.5 Å². The Morgan fingerprint density at radius 1 is 1.10 bits per heavy atom. The number of amides is 1. The van der Waals surface area contributed by atoms with Crippen molar-refractivity contribution in [1.29, 1.82) is 0 Å². The molecule has 1 saturated heterocycles. The van der Waals surface area contributed by atoms with Crippen LogP contribution in [0, 0.1) is 20.8 Å². The predicted molar refractivity (Wildman–Crippen MR) is 151 cm³/mol. The maximum absolute atomic E-state index is 13.6. The Morgan fingerprint density at radius 2 is 1.87 bits per heavy atom. The predicted octanol–water partition coefficient (Wildman–Crippen LogP) is 3.12. The van der Waals surface area contributed by atoms with Gasteiger partial charge in [0.25, 0.3) is 11.5 Å². The minimum Gasteiger partial charge on any atom is -0.354 e. The Labute approximate surface area is 227 Å². The van der Waals surface area contributed by atoms with Crippen molar-refractivity contribution in [3.8, 4) is 11.3 Å². The largest absolute Gasteiger partial charge is 0.354 e. The van der Waals surface area contributed by atoms with Gasteiger partial charge >= 0.3 is 0 Å². The van der Waals surface area contributed by atoms with Crippen molar-refractivity contribution in [2.24, 2.45) is 0 Å². The lowest BCUT2D eigenvalue weighted by molar-refractivity contribution is 0.0952. The van der Waals surface area contributed by atoms with Crippen LogP contribution in [-0.2, 0) is 6.54 Å². The molecular formula is C29H34N8O2. The Balaban J connectivity index is 1.35. The van der Waals surface area contributed by atoms with E-state index in [0.717, 1.165) is 72.7 Å².